The number of rotatable bonds is 50. The molecule has 0 fully saturated rings. The van der Waals surface area contributed by atoms with Gasteiger partial charge in [0.2, 0.25) is 0 Å². The molecule has 1 unspecified atom stereocenters. The summed E-state index contributed by atoms with van der Waals surface area (Å²) in [5.41, 5.74) is 0. The van der Waals surface area contributed by atoms with Gasteiger partial charge in [-0.25, -0.2) is 0 Å². The van der Waals surface area contributed by atoms with Crippen LogP contribution in [-0.2, 0) is 23.8 Å². The van der Waals surface area contributed by atoms with Crippen LogP contribution in [-0.4, -0.2) is 37.9 Å². The van der Waals surface area contributed by atoms with E-state index in [1.165, 1.54) is 148 Å². The number of esters is 2. The Morgan fingerprint density at radius 3 is 1.19 bits per heavy atom. The van der Waals surface area contributed by atoms with Crippen LogP contribution in [0.2, 0.25) is 0 Å². The van der Waals surface area contributed by atoms with E-state index < -0.39 is 6.10 Å². The van der Waals surface area contributed by atoms with Crippen molar-refractivity contribution in [2.75, 3.05) is 19.8 Å². The molecule has 0 aromatic heterocycles. The Balaban J connectivity index is 4.24. The molecule has 0 aromatic carbocycles. The summed E-state index contributed by atoms with van der Waals surface area (Å²) in [4.78, 5) is 25.4. The summed E-state index contributed by atoms with van der Waals surface area (Å²) in [6, 6.07) is 0. The average Bonchev–Trinajstić information content (AvgIpc) is 3.30. The maximum absolute atomic E-state index is 12.8. The molecule has 0 bridgehead atoms. The molecule has 0 aromatic rings. The van der Waals surface area contributed by atoms with Gasteiger partial charge in [-0.15, -0.1) is 0 Å². The highest BCUT2D eigenvalue weighted by molar-refractivity contribution is 5.70. The van der Waals surface area contributed by atoms with E-state index in [1.54, 1.807) is 0 Å². The second-order valence-corrected chi connectivity index (χ2v) is 18.1. The van der Waals surface area contributed by atoms with Crippen LogP contribution in [0.25, 0.3) is 0 Å². The summed E-state index contributed by atoms with van der Waals surface area (Å²) >= 11 is 0. The molecule has 1 atom stereocenters. The van der Waals surface area contributed by atoms with Crippen LogP contribution in [0.15, 0.2) is 72.9 Å². The van der Waals surface area contributed by atoms with E-state index in [4.69, 9.17) is 14.2 Å². The largest absolute Gasteiger partial charge is 0.462 e. The minimum atomic E-state index is -0.550. The van der Waals surface area contributed by atoms with E-state index in [2.05, 4.69) is 93.7 Å². The Kier molecular flexibility index (Phi) is 52.4. The third-order valence-electron chi connectivity index (χ3n) is 11.7. The molecule has 0 aliphatic heterocycles. The first-order valence-corrected chi connectivity index (χ1v) is 27.5. The molecule has 0 amide bonds. The Bertz CT molecular complexity index is 1150. The van der Waals surface area contributed by atoms with Gasteiger partial charge in [-0.2, -0.15) is 0 Å². The van der Waals surface area contributed by atoms with E-state index in [0.717, 1.165) is 83.5 Å². The number of allylic oxidation sites excluding steroid dienone is 12. The molecule has 0 rings (SSSR count). The number of unbranched alkanes of at least 4 members (excludes halogenated alkanes) is 27. The second-order valence-electron chi connectivity index (χ2n) is 18.1. The number of hydrogen-bond acceptors (Lipinski definition) is 5. The van der Waals surface area contributed by atoms with Gasteiger partial charge >= 0.3 is 11.9 Å². The van der Waals surface area contributed by atoms with Gasteiger partial charge in [-0.3, -0.25) is 9.59 Å². The van der Waals surface area contributed by atoms with Crippen molar-refractivity contribution in [3.8, 4) is 0 Å². The van der Waals surface area contributed by atoms with Crippen molar-refractivity contribution in [1.29, 1.82) is 0 Å². The molecule has 64 heavy (non-hydrogen) atoms. The zero-order valence-corrected chi connectivity index (χ0v) is 42.5. The van der Waals surface area contributed by atoms with Crippen molar-refractivity contribution in [2.24, 2.45) is 0 Å². The molecule has 370 valence electrons. The minimum Gasteiger partial charge on any atom is -0.462 e. The summed E-state index contributed by atoms with van der Waals surface area (Å²) in [5, 5.41) is 0. The molecule has 0 aliphatic carbocycles. The van der Waals surface area contributed by atoms with Crippen molar-refractivity contribution in [3.05, 3.63) is 72.9 Å². The topological polar surface area (TPSA) is 61.8 Å². The van der Waals surface area contributed by atoms with E-state index in [9.17, 15) is 9.59 Å². The van der Waals surface area contributed by atoms with E-state index in [0.29, 0.717) is 19.4 Å². The molecule has 0 spiro atoms. The Morgan fingerprint density at radius 2 is 0.719 bits per heavy atom. The van der Waals surface area contributed by atoms with E-state index in [-0.39, 0.29) is 25.2 Å². The van der Waals surface area contributed by atoms with Gasteiger partial charge in [0.15, 0.2) is 6.10 Å². The Labute approximate surface area is 397 Å². The predicted molar refractivity (Wildman–Crippen MR) is 279 cm³/mol. The highest BCUT2D eigenvalue weighted by Gasteiger charge is 2.17. The predicted octanol–water partition coefficient (Wildman–Crippen LogP) is 18.7. The Morgan fingerprint density at radius 1 is 0.359 bits per heavy atom. The van der Waals surface area contributed by atoms with Gasteiger partial charge in [0, 0.05) is 19.4 Å². The van der Waals surface area contributed by atoms with Crippen molar-refractivity contribution in [1.82, 2.24) is 0 Å². The third-order valence-corrected chi connectivity index (χ3v) is 11.7. The quantitative estimate of drug-likeness (QED) is 0.0346. The smallest absolute Gasteiger partial charge is 0.306 e. The highest BCUT2D eigenvalue weighted by Crippen LogP contribution is 2.14. The van der Waals surface area contributed by atoms with Crippen LogP contribution in [0, 0.1) is 0 Å². The highest BCUT2D eigenvalue weighted by atomic mass is 16.6. The maximum Gasteiger partial charge on any atom is 0.306 e. The molecule has 0 radical (unpaired) electrons. The van der Waals surface area contributed by atoms with E-state index in [1.807, 2.05) is 0 Å². The van der Waals surface area contributed by atoms with Crippen molar-refractivity contribution in [2.45, 2.75) is 271 Å². The number of carbonyl (C=O) groups is 2. The van der Waals surface area contributed by atoms with Gasteiger partial charge in [0.05, 0.1) is 6.61 Å². The first kappa shape index (κ1) is 61.3. The third kappa shape index (κ3) is 52.0. The van der Waals surface area contributed by atoms with Crippen molar-refractivity contribution in [3.63, 3.8) is 0 Å². The molecule has 0 heterocycles. The van der Waals surface area contributed by atoms with Gasteiger partial charge in [-0.05, 0) is 103 Å². The lowest BCUT2D eigenvalue weighted by molar-refractivity contribution is -0.163. The van der Waals surface area contributed by atoms with Crippen LogP contribution >= 0.6 is 0 Å². The average molecular weight is 893 g/mol. The lowest BCUT2D eigenvalue weighted by Crippen LogP contribution is -2.30. The fraction of sp³-hybridized carbons (Fsp3) is 0.763. The lowest BCUT2D eigenvalue weighted by Gasteiger charge is -2.18. The first-order valence-electron chi connectivity index (χ1n) is 27.5. The monoisotopic (exact) mass is 893 g/mol. The zero-order valence-electron chi connectivity index (χ0n) is 42.5. The fourth-order valence-corrected chi connectivity index (χ4v) is 7.59. The lowest BCUT2D eigenvalue weighted by atomic mass is 10.1. The summed E-state index contributed by atoms with van der Waals surface area (Å²) in [6.45, 7) is 7.66. The van der Waals surface area contributed by atoms with Crippen LogP contribution < -0.4 is 0 Å². The molecule has 0 aliphatic rings. The summed E-state index contributed by atoms with van der Waals surface area (Å²) in [7, 11) is 0. The molecular weight excluding hydrogens is 789 g/mol. The van der Waals surface area contributed by atoms with Crippen molar-refractivity contribution >= 4 is 11.9 Å². The zero-order chi connectivity index (χ0) is 46.3. The van der Waals surface area contributed by atoms with Crippen LogP contribution in [0.5, 0.6) is 0 Å². The van der Waals surface area contributed by atoms with Gasteiger partial charge in [0.1, 0.15) is 6.61 Å². The Hall–Kier alpha value is -2.66. The van der Waals surface area contributed by atoms with Crippen LogP contribution in [0.3, 0.4) is 0 Å². The maximum atomic E-state index is 12.8. The van der Waals surface area contributed by atoms with Crippen LogP contribution in [0.4, 0.5) is 0 Å². The summed E-state index contributed by atoms with van der Waals surface area (Å²) < 4.78 is 17.4. The fourth-order valence-electron chi connectivity index (χ4n) is 7.59. The molecule has 0 saturated carbocycles. The molecule has 0 saturated heterocycles. The van der Waals surface area contributed by atoms with Crippen LogP contribution in [0.1, 0.15) is 265 Å². The minimum absolute atomic E-state index is 0.0741. The normalized spacial score (nSPS) is 12.7. The summed E-state index contributed by atoms with van der Waals surface area (Å²) in [5.74, 6) is -0.415. The van der Waals surface area contributed by atoms with Gasteiger partial charge < -0.3 is 14.2 Å². The van der Waals surface area contributed by atoms with Crippen molar-refractivity contribution < 1.29 is 23.8 Å². The molecular formula is C59H104O5. The van der Waals surface area contributed by atoms with Gasteiger partial charge in [0.25, 0.3) is 0 Å². The molecule has 5 heteroatoms. The molecule has 5 nitrogen and oxygen atoms in total. The molecule has 0 N–H and O–H groups in total. The van der Waals surface area contributed by atoms with E-state index >= 15 is 0 Å². The summed E-state index contributed by atoms with van der Waals surface area (Å²) in [6.07, 6.45) is 70.6. The SMILES string of the molecule is CC/C=C\C/C=C\C/C=C\C/C=C\CCCCCCCCCOCC(COC(=O)CCCCCCCCC/C=C\CCCCCCCC)OC(=O)CCCCCCC/C=C\CCCC. The number of ether oxygens (including phenoxy) is 3. The number of hydrogen-bond donors (Lipinski definition) is 0. The van der Waals surface area contributed by atoms with Gasteiger partial charge in [-0.1, -0.05) is 222 Å². The second kappa shape index (κ2) is 54.7. The first-order chi connectivity index (χ1) is 31.6. The number of carbonyl (C=O) groups excluding carboxylic acids is 2. The standard InChI is InChI=1S/C59H104O5/c1-4-7-10-13-16-19-22-24-26-28-29-30-32-34-36-39-42-45-48-51-54-62-55-57(64-59(61)53-50-47-44-41-37-21-18-15-12-9-6-3)56-63-58(60)52-49-46-43-40-38-35-33-31-27-25-23-20-17-14-11-8-5-2/h7,10,15-16,18-19,24-27,29-30,57H,4-6,8-9,11-14,17,20-23,28,31-56H2,1-3H3/b10-7-,18-15-,19-16-,26-24-,27-25-,30-29-.